The lowest BCUT2D eigenvalue weighted by Gasteiger charge is -2.32. The number of aliphatic hydroxyl groups excluding tert-OH is 1. The van der Waals surface area contributed by atoms with E-state index in [1.807, 2.05) is 18.2 Å². The van der Waals surface area contributed by atoms with E-state index in [9.17, 15) is 5.11 Å². The van der Waals surface area contributed by atoms with Gasteiger partial charge in [-0.1, -0.05) is 17.7 Å². The van der Waals surface area contributed by atoms with Crippen molar-refractivity contribution in [3.8, 4) is 0 Å². The lowest BCUT2D eigenvalue weighted by atomic mass is 10.1. The molecule has 1 N–H and O–H groups in total. The Balaban J connectivity index is 1.71. The summed E-state index contributed by atoms with van der Waals surface area (Å²) in [5.41, 5.74) is 2.03. The number of ether oxygens (including phenoxy) is 1. The Morgan fingerprint density at radius 1 is 1.25 bits per heavy atom. The van der Waals surface area contributed by atoms with Crippen LogP contribution in [0.2, 0.25) is 5.02 Å². The molecule has 0 saturated carbocycles. The van der Waals surface area contributed by atoms with Crippen molar-refractivity contribution < 1.29 is 9.84 Å². The highest BCUT2D eigenvalue weighted by atomic mass is 35.5. The number of hydrogen-bond acceptors (Lipinski definition) is 4. The molecule has 0 bridgehead atoms. The molecule has 0 radical (unpaired) electrons. The van der Waals surface area contributed by atoms with Crippen LogP contribution in [-0.4, -0.2) is 55.4 Å². The second-order valence-electron chi connectivity index (χ2n) is 5.47. The molecular formula is C15H21ClN2O2. The highest BCUT2D eigenvalue weighted by Crippen LogP contribution is 2.29. The van der Waals surface area contributed by atoms with Crippen LogP contribution in [0, 0.1) is 0 Å². The van der Waals surface area contributed by atoms with Crippen molar-refractivity contribution in [2.75, 3.05) is 44.3 Å². The highest BCUT2D eigenvalue weighted by molar-refractivity contribution is 6.30. The maximum Gasteiger partial charge on any atom is 0.0702 e. The van der Waals surface area contributed by atoms with Crippen molar-refractivity contribution in [3.05, 3.63) is 28.8 Å². The molecule has 1 atom stereocenters. The fourth-order valence-corrected chi connectivity index (χ4v) is 3.33. The molecule has 4 nitrogen and oxygen atoms in total. The van der Waals surface area contributed by atoms with E-state index in [2.05, 4.69) is 9.80 Å². The molecular weight excluding hydrogens is 276 g/mol. The van der Waals surface area contributed by atoms with E-state index < -0.39 is 0 Å². The van der Waals surface area contributed by atoms with Crippen LogP contribution in [0.3, 0.4) is 0 Å². The number of halogens is 1. The molecule has 3 rings (SSSR count). The molecule has 0 amide bonds. The van der Waals surface area contributed by atoms with Crippen LogP contribution in [0.15, 0.2) is 18.2 Å². The Kier molecular flexibility index (Phi) is 4.46. The standard InChI is InChI=1S/C15H21ClN2O2/c16-13-2-1-12(11-19)15(9-13)18-4-3-14(10-18)17-5-7-20-8-6-17/h1-2,9,14,19H,3-8,10-11H2. The van der Waals surface area contributed by atoms with Crippen molar-refractivity contribution in [1.82, 2.24) is 4.90 Å². The normalized spacial score (nSPS) is 24.3. The number of anilines is 1. The molecule has 2 fully saturated rings. The fraction of sp³-hybridized carbons (Fsp3) is 0.600. The van der Waals surface area contributed by atoms with Crippen LogP contribution in [0.1, 0.15) is 12.0 Å². The smallest absolute Gasteiger partial charge is 0.0702 e. The fourth-order valence-electron chi connectivity index (χ4n) is 3.17. The molecule has 20 heavy (non-hydrogen) atoms. The number of morpholine rings is 1. The third-order valence-electron chi connectivity index (χ3n) is 4.28. The Morgan fingerprint density at radius 2 is 2.05 bits per heavy atom. The monoisotopic (exact) mass is 296 g/mol. The minimum atomic E-state index is 0.0607. The van der Waals surface area contributed by atoms with Crippen LogP contribution in [0.5, 0.6) is 0 Å². The molecule has 1 aromatic rings. The predicted molar refractivity (Wildman–Crippen MR) is 80.4 cm³/mol. The number of benzene rings is 1. The van der Waals surface area contributed by atoms with Crippen molar-refractivity contribution in [2.24, 2.45) is 0 Å². The van der Waals surface area contributed by atoms with Gasteiger partial charge in [-0.2, -0.15) is 0 Å². The molecule has 0 aliphatic carbocycles. The van der Waals surface area contributed by atoms with Gasteiger partial charge in [0.2, 0.25) is 0 Å². The predicted octanol–water partition coefficient (Wildman–Crippen LogP) is 1.74. The third kappa shape index (κ3) is 2.93. The van der Waals surface area contributed by atoms with Gasteiger partial charge in [0.1, 0.15) is 0 Å². The zero-order chi connectivity index (χ0) is 13.9. The van der Waals surface area contributed by atoms with Gasteiger partial charge in [0, 0.05) is 48.5 Å². The van der Waals surface area contributed by atoms with Gasteiger partial charge in [-0.05, 0) is 18.6 Å². The first-order valence-corrected chi connectivity index (χ1v) is 7.62. The molecule has 0 aromatic heterocycles. The number of hydrogen-bond donors (Lipinski definition) is 1. The summed E-state index contributed by atoms with van der Waals surface area (Å²) < 4.78 is 5.42. The quantitative estimate of drug-likeness (QED) is 0.922. The second kappa shape index (κ2) is 6.31. The molecule has 2 aliphatic heterocycles. The zero-order valence-electron chi connectivity index (χ0n) is 11.6. The summed E-state index contributed by atoms with van der Waals surface area (Å²) in [5, 5.41) is 10.2. The third-order valence-corrected chi connectivity index (χ3v) is 4.52. The van der Waals surface area contributed by atoms with Gasteiger partial charge in [0.15, 0.2) is 0 Å². The maximum atomic E-state index is 9.49. The Morgan fingerprint density at radius 3 is 2.80 bits per heavy atom. The molecule has 110 valence electrons. The average molecular weight is 297 g/mol. The van der Waals surface area contributed by atoms with Crippen molar-refractivity contribution in [2.45, 2.75) is 19.1 Å². The van der Waals surface area contributed by atoms with Crippen molar-refractivity contribution >= 4 is 17.3 Å². The Labute approximate surface area is 124 Å². The van der Waals surface area contributed by atoms with Gasteiger partial charge in [-0.15, -0.1) is 0 Å². The van der Waals surface area contributed by atoms with E-state index >= 15 is 0 Å². The molecule has 1 unspecified atom stereocenters. The maximum absolute atomic E-state index is 9.49. The highest BCUT2D eigenvalue weighted by Gasteiger charge is 2.29. The number of aliphatic hydroxyl groups is 1. The largest absolute Gasteiger partial charge is 0.392 e. The van der Waals surface area contributed by atoms with Crippen LogP contribution in [0.4, 0.5) is 5.69 Å². The average Bonchev–Trinajstić information content (AvgIpc) is 2.98. The summed E-state index contributed by atoms with van der Waals surface area (Å²) in [6.45, 7) is 5.83. The van der Waals surface area contributed by atoms with E-state index in [1.165, 1.54) is 0 Å². The Hall–Kier alpha value is -0.810. The van der Waals surface area contributed by atoms with E-state index in [0.29, 0.717) is 6.04 Å². The summed E-state index contributed by atoms with van der Waals surface area (Å²) in [4.78, 5) is 4.87. The van der Waals surface area contributed by atoms with Crippen LogP contribution >= 0.6 is 11.6 Å². The van der Waals surface area contributed by atoms with Gasteiger partial charge in [-0.3, -0.25) is 4.90 Å². The van der Waals surface area contributed by atoms with Crippen LogP contribution in [-0.2, 0) is 11.3 Å². The lowest BCUT2D eigenvalue weighted by molar-refractivity contribution is 0.0209. The lowest BCUT2D eigenvalue weighted by Crippen LogP contribution is -2.44. The van der Waals surface area contributed by atoms with Gasteiger partial charge in [0.05, 0.1) is 19.8 Å². The molecule has 2 saturated heterocycles. The van der Waals surface area contributed by atoms with Crippen molar-refractivity contribution in [3.63, 3.8) is 0 Å². The van der Waals surface area contributed by atoms with E-state index in [0.717, 1.165) is 62.1 Å². The molecule has 2 aliphatic rings. The SMILES string of the molecule is OCc1ccc(Cl)cc1N1CCC(N2CCOCC2)C1. The summed E-state index contributed by atoms with van der Waals surface area (Å²) in [5.74, 6) is 0. The van der Waals surface area contributed by atoms with E-state index in [4.69, 9.17) is 16.3 Å². The van der Waals surface area contributed by atoms with Crippen LogP contribution in [0.25, 0.3) is 0 Å². The molecule has 2 heterocycles. The first-order chi connectivity index (χ1) is 9.78. The molecule has 5 heteroatoms. The Bertz CT molecular complexity index is 463. The van der Waals surface area contributed by atoms with Gasteiger partial charge in [-0.25, -0.2) is 0 Å². The summed E-state index contributed by atoms with van der Waals surface area (Å²) >= 11 is 6.10. The van der Waals surface area contributed by atoms with E-state index in [-0.39, 0.29) is 6.61 Å². The summed E-state index contributed by atoms with van der Waals surface area (Å²) in [6.07, 6.45) is 1.16. The van der Waals surface area contributed by atoms with Gasteiger partial charge >= 0.3 is 0 Å². The summed E-state index contributed by atoms with van der Waals surface area (Å²) in [7, 11) is 0. The van der Waals surface area contributed by atoms with Crippen molar-refractivity contribution in [1.29, 1.82) is 0 Å². The first kappa shape index (κ1) is 14.1. The van der Waals surface area contributed by atoms with Gasteiger partial charge in [0.25, 0.3) is 0 Å². The zero-order valence-corrected chi connectivity index (χ0v) is 12.4. The topological polar surface area (TPSA) is 35.9 Å². The first-order valence-electron chi connectivity index (χ1n) is 7.24. The van der Waals surface area contributed by atoms with E-state index in [1.54, 1.807) is 0 Å². The second-order valence-corrected chi connectivity index (χ2v) is 5.90. The molecule has 0 spiro atoms. The molecule has 1 aromatic carbocycles. The minimum absolute atomic E-state index is 0.0607. The summed E-state index contributed by atoms with van der Waals surface area (Å²) in [6, 6.07) is 6.31. The number of nitrogens with zero attached hydrogens (tertiary/aromatic N) is 2. The van der Waals surface area contributed by atoms with Gasteiger partial charge < -0.3 is 14.7 Å². The number of rotatable bonds is 3. The van der Waals surface area contributed by atoms with Crippen LogP contribution < -0.4 is 4.90 Å². The minimum Gasteiger partial charge on any atom is -0.392 e.